The summed E-state index contributed by atoms with van der Waals surface area (Å²) in [6.45, 7) is 3.17. The van der Waals surface area contributed by atoms with E-state index in [4.69, 9.17) is 9.47 Å². The van der Waals surface area contributed by atoms with Gasteiger partial charge in [0.25, 0.3) is 0 Å². The van der Waals surface area contributed by atoms with E-state index in [1.807, 2.05) is 20.0 Å². The van der Waals surface area contributed by atoms with Crippen molar-refractivity contribution in [1.29, 1.82) is 0 Å². The minimum atomic E-state index is -0.706. The Balaban J connectivity index is 1.34. The lowest BCUT2D eigenvalue weighted by atomic mass is 9.94. The van der Waals surface area contributed by atoms with Gasteiger partial charge in [-0.15, -0.1) is 0 Å². The van der Waals surface area contributed by atoms with E-state index in [2.05, 4.69) is 27.8 Å². The van der Waals surface area contributed by atoms with Gasteiger partial charge in [-0.2, -0.15) is 0 Å². The van der Waals surface area contributed by atoms with Crippen LogP contribution in [0.2, 0.25) is 0 Å². The fourth-order valence-corrected chi connectivity index (χ4v) is 5.68. The zero-order valence-electron chi connectivity index (χ0n) is 16.8. The molecule has 28 heavy (non-hydrogen) atoms. The van der Waals surface area contributed by atoms with Crippen molar-refractivity contribution < 1.29 is 13.7 Å². The number of rotatable bonds is 6. The van der Waals surface area contributed by atoms with Crippen molar-refractivity contribution in [2.75, 3.05) is 26.1 Å². The summed E-state index contributed by atoms with van der Waals surface area (Å²) in [5.41, 5.74) is 1.45. The first kappa shape index (κ1) is 19.6. The highest BCUT2D eigenvalue weighted by Crippen LogP contribution is 2.49. The largest absolute Gasteiger partial charge is 0.454 e. The van der Waals surface area contributed by atoms with Crippen molar-refractivity contribution in [3.63, 3.8) is 0 Å². The lowest BCUT2D eigenvalue weighted by Crippen LogP contribution is -2.48. The molecule has 2 saturated carbocycles. The molecular formula is C21H31N3O3S. The van der Waals surface area contributed by atoms with Gasteiger partial charge in [-0.1, -0.05) is 19.4 Å². The van der Waals surface area contributed by atoms with Crippen LogP contribution in [0.15, 0.2) is 23.2 Å². The van der Waals surface area contributed by atoms with Gasteiger partial charge in [-0.25, -0.2) is 0 Å². The number of benzene rings is 1. The fourth-order valence-electron chi connectivity index (χ4n) is 4.34. The molecule has 1 aromatic rings. The molecule has 0 spiro atoms. The Bertz CT molecular complexity index is 763. The number of nitrogens with one attached hydrogen (secondary N) is 2. The number of hydrogen-bond donors (Lipinski definition) is 2. The maximum atomic E-state index is 12.2. The maximum Gasteiger partial charge on any atom is 0.231 e. The third kappa shape index (κ3) is 4.14. The van der Waals surface area contributed by atoms with Crippen LogP contribution in [0.3, 0.4) is 0 Å². The first-order valence-electron chi connectivity index (χ1n) is 10.4. The standard InChI is InChI=1S/C21H31N3O3S/c1-3-28(25)17-6-4-5-16(12-17)24-20(22-2)23-13-21(9-10-21)15-7-8-18-19(11-15)27-14-26-18/h7-8,11,16-17H,3-6,9-10,12-14H2,1-2H3,(H2,22,23,24). The van der Waals surface area contributed by atoms with Crippen LogP contribution in [-0.4, -0.2) is 47.6 Å². The van der Waals surface area contributed by atoms with Gasteiger partial charge in [0.1, 0.15) is 0 Å². The van der Waals surface area contributed by atoms with Crippen molar-refractivity contribution >= 4 is 16.8 Å². The second-order valence-corrected chi connectivity index (χ2v) is 10.1. The zero-order chi connectivity index (χ0) is 19.6. The van der Waals surface area contributed by atoms with Crippen molar-refractivity contribution in [2.45, 2.75) is 62.2 Å². The number of guanidine groups is 1. The number of fused-ring (bicyclic) bond motifs is 1. The van der Waals surface area contributed by atoms with E-state index in [0.29, 0.717) is 18.1 Å². The normalized spacial score (nSPS) is 26.6. The van der Waals surface area contributed by atoms with Crippen LogP contribution in [-0.2, 0) is 16.2 Å². The molecule has 0 radical (unpaired) electrons. The Kier molecular flexibility index (Phi) is 5.80. The van der Waals surface area contributed by atoms with Crippen molar-refractivity contribution in [3.8, 4) is 11.5 Å². The number of hydrogen-bond acceptors (Lipinski definition) is 4. The molecule has 1 heterocycles. The highest BCUT2D eigenvalue weighted by atomic mass is 32.2. The van der Waals surface area contributed by atoms with Crippen LogP contribution in [0.1, 0.15) is 51.0 Å². The van der Waals surface area contributed by atoms with Crippen LogP contribution < -0.4 is 20.1 Å². The van der Waals surface area contributed by atoms with Gasteiger partial charge in [0.05, 0.1) is 0 Å². The molecule has 1 aromatic carbocycles. The van der Waals surface area contributed by atoms with Crippen LogP contribution in [0.4, 0.5) is 0 Å². The number of aliphatic imine (C=N–C) groups is 1. The van der Waals surface area contributed by atoms with Gasteiger partial charge >= 0.3 is 0 Å². The van der Waals surface area contributed by atoms with Crippen LogP contribution in [0, 0.1) is 0 Å². The van der Waals surface area contributed by atoms with Gasteiger partial charge in [-0.3, -0.25) is 9.20 Å². The first-order valence-corrected chi connectivity index (χ1v) is 11.8. The molecule has 2 N–H and O–H groups in total. The van der Waals surface area contributed by atoms with Gasteiger partial charge in [0.2, 0.25) is 6.79 Å². The zero-order valence-corrected chi connectivity index (χ0v) is 17.6. The number of ether oxygens (including phenoxy) is 2. The maximum absolute atomic E-state index is 12.2. The quantitative estimate of drug-likeness (QED) is 0.562. The highest BCUT2D eigenvalue weighted by Gasteiger charge is 2.45. The lowest BCUT2D eigenvalue weighted by Gasteiger charge is -2.30. The molecule has 0 amide bonds. The molecule has 2 aliphatic carbocycles. The van der Waals surface area contributed by atoms with E-state index in [-0.39, 0.29) is 5.41 Å². The fraction of sp³-hybridized carbons (Fsp3) is 0.667. The predicted octanol–water partition coefficient (Wildman–Crippen LogP) is 2.69. The number of nitrogens with zero attached hydrogens (tertiary/aromatic N) is 1. The molecule has 154 valence electrons. The first-order chi connectivity index (χ1) is 13.6. The van der Waals surface area contributed by atoms with Gasteiger partial charge in [0.15, 0.2) is 17.5 Å². The SMILES string of the molecule is CCS(=O)C1CCCC(NC(=NC)NCC2(c3ccc4c(c3)OCO4)CC2)C1. The third-order valence-electron chi connectivity index (χ3n) is 6.28. The monoisotopic (exact) mass is 405 g/mol. The van der Waals surface area contributed by atoms with Crippen molar-refractivity contribution in [2.24, 2.45) is 4.99 Å². The molecule has 3 unspecified atom stereocenters. The lowest BCUT2D eigenvalue weighted by molar-refractivity contribution is 0.174. The molecule has 0 bridgehead atoms. The van der Waals surface area contributed by atoms with Crippen molar-refractivity contribution in [3.05, 3.63) is 23.8 Å². The summed E-state index contributed by atoms with van der Waals surface area (Å²) in [5.74, 6) is 3.28. The molecule has 1 aliphatic heterocycles. The van der Waals surface area contributed by atoms with E-state index in [1.165, 1.54) is 5.56 Å². The average Bonchev–Trinajstić information content (AvgIpc) is 3.38. The molecule has 3 aliphatic rings. The topological polar surface area (TPSA) is 72.0 Å². The summed E-state index contributed by atoms with van der Waals surface area (Å²) in [6.07, 6.45) is 6.62. The Morgan fingerprint density at radius 2 is 2.11 bits per heavy atom. The van der Waals surface area contributed by atoms with E-state index >= 15 is 0 Å². The van der Waals surface area contributed by atoms with Gasteiger partial charge in [0, 0.05) is 46.9 Å². The van der Waals surface area contributed by atoms with Gasteiger partial charge in [-0.05, 0) is 49.8 Å². The summed E-state index contributed by atoms with van der Waals surface area (Å²) < 4.78 is 23.2. The predicted molar refractivity (Wildman–Crippen MR) is 113 cm³/mol. The molecule has 0 aromatic heterocycles. The molecule has 4 rings (SSSR count). The molecular weight excluding hydrogens is 374 g/mol. The van der Waals surface area contributed by atoms with E-state index < -0.39 is 10.8 Å². The van der Waals surface area contributed by atoms with E-state index in [9.17, 15) is 4.21 Å². The summed E-state index contributed by atoms with van der Waals surface area (Å²) in [7, 11) is 1.11. The second-order valence-electron chi connectivity index (χ2n) is 8.07. The molecule has 3 atom stereocenters. The van der Waals surface area contributed by atoms with Crippen molar-refractivity contribution in [1.82, 2.24) is 10.6 Å². The molecule has 0 saturated heterocycles. The minimum absolute atomic E-state index is 0.150. The highest BCUT2D eigenvalue weighted by molar-refractivity contribution is 7.85. The third-order valence-corrected chi connectivity index (χ3v) is 8.02. The molecule has 2 fully saturated rings. The smallest absolute Gasteiger partial charge is 0.231 e. The Labute approximate surface area is 169 Å². The summed E-state index contributed by atoms with van der Waals surface area (Å²) in [5, 5.41) is 7.42. The second kappa shape index (κ2) is 8.31. The van der Waals surface area contributed by atoms with Crippen LogP contribution >= 0.6 is 0 Å². The summed E-state index contributed by atoms with van der Waals surface area (Å²) >= 11 is 0. The van der Waals surface area contributed by atoms with E-state index in [0.717, 1.165) is 68.3 Å². The average molecular weight is 406 g/mol. The Morgan fingerprint density at radius 3 is 2.86 bits per heavy atom. The summed E-state index contributed by atoms with van der Waals surface area (Å²) in [4.78, 5) is 4.43. The Hall–Kier alpha value is -1.76. The van der Waals surface area contributed by atoms with Gasteiger partial charge < -0.3 is 20.1 Å². The minimum Gasteiger partial charge on any atom is -0.454 e. The summed E-state index contributed by atoms with van der Waals surface area (Å²) in [6, 6.07) is 6.64. The Morgan fingerprint density at radius 1 is 1.29 bits per heavy atom. The van der Waals surface area contributed by atoms with Crippen LogP contribution in [0.5, 0.6) is 11.5 Å². The van der Waals surface area contributed by atoms with E-state index in [1.54, 1.807) is 0 Å². The molecule has 7 heteroatoms. The van der Waals surface area contributed by atoms with Crippen LogP contribution in [0.25, 0.3) is 0 Å². The molecule has 6 nitrogen and oxygen atoms in total.